The normalized spacial score (nSPS) is 10.0. The fraction of sp³-hybridized carbons (Fsp3) is 0. The lowest BCUT2D eigenvalue weighted by Crippen LogP contribution is -1.90. The Bertz CT molecular complexity index is 448. The number of nitrogens with zero attached hydrogens (tertiary/aromatic N) is 1. The topological polar surface area (TPSA) is 56.3 Å². The van der Waals surface area contributed by atoms with E-state index in [1.165, 1.54) is 18.6 Å². The van der Waals surface area contributed by atoms with Crippen LogP contribution < -0.4 is 0 Å². The van der Waals surface area contributed by atoms with Gasteiger partial charge in [0.2, 0.25) is 0 Å². The van der Waals surface area contributed by atoms with Crippen molar-refractivity contribution in [2.45, 2.75) is 0 Å². The summed E-state index contributed by atoms with van der Waals surface area (Å²) in [6.07, 6.45) is 2.98. The molecule has 1 heterocycles. The van der Waals surface area contributed by atoms with Crippen molar-refractivity contribution in [3.05, 3.63) is 53.0 Å². The first-order valence-corrected chi connectivity index (χ1v) is 4.05. The first kappa shape index (κ1) is 8.50. The van der Waals surface area contributed by atoms with Crippen molar-refractivity contribution in [1.29, 1.82) is 0 Å². The first-order valence-electron chi connectivity index (χ1n) is 4.05. The molecule has 0 unspecified atom stereocenters. The van der Waals surface area contributed by atoms with E-state index in [-0.39, 0.29) is 5.69 Å². The van der Waals surface area contributed by atoms with Crippen molar-refractivity contribution in [2.24, 2.45) is 0 Å². The predicted octanol–water partition coefficient (Wildman–Crippen LogP) is 2.85. The third-order valence-corrected chi connectivity index (χ3v) is 1.93. The summed E-state index contributed by atoms with van der Waals surface area (Å²) in [5, 5.41) is 10.7. The number of nitro groups is 1. The second-order valence-electron chi connectivity index (χ2n) is 2.79. The van der Waals surface area contributed by atoms with Gasteiger partial charge in [-0.2, -0.15) is 0 Å². The van der Waals surface area contributed by atoms with Gasteiger partial charge in [-0.05, 0) is 12.1 Å². The second-order valence-corrected chi connectivity index (χ2v) is 2.79. The zero-order valence-corrected chi connectivity index (χ0v) is 7.21. The smallest absolute Gasteiger partial charge is 0.277 e. The molecule has 0 spiro atoms. The van der Waals surface area contributed by atoms with Gasteiger partial charge in [0, 0.05) is 11.6 Å². The molecule has 0 aliphatic heterocycles. The summed E-state index contributed by atoms with van der Waals surface area (Å²) in [5.41, 5.74) is 1.39. The molecule has 0 amide bonds. The van der Waals surface area contributed by atoms with Gasteiger partial charge in [0.1, 0.15) is 0 Å². The molecule has 0 aliphatic rings. The van der Waals surface area contributed by atoms with Crippen molar-refractivity contribution >= 4 is 5.69 Å². The van der Waals surface area contributed by atoms with Crippen molar-refractivity contribution < 1.29 is 9.34 Å². The first-order chi connectivity index (χ1) is 6.79. The highest BCUT2D eigenvalue weighted by Gasteiger charge is 2.14. The number of benzene rings is 1. The van der Waals surface area contributed by atoms with Crippen molar-refractivity contribution in [2.75, 3.05) is 0 Å². The SMILES string of the molecule is O=[N+]([O-])c1ccccc1-c1ccoc1. The van der Waals surface area contributed by atoms with Gasteiger partial charge in [0.25, 0.3) is 5.69 Å². The number of nitro benzene ring substituents is 1. The van der Waals surface area contributed by atoms with E-state index < -0.39 is 4.92 Å². The van der Waals surface area contributed by atoms with Gasteiger partial charge in [-0.25, -0.2) is 0 Å². The van der Waals surface area contributed by atoms with E-state index in [2.05, 4.69) is 0 Å². The summed E-state index contributed by atoms with van der Waals surface area (Å²) in [6.45, 7) is 0. The second kappa shape index (κ2) is 3.33. The molecule has 4 nitrogen and oxygen atoms in total. The Morgan fingerprint density at radius 1 is 1.21 bits per heavy atom. The molecular formula is C10H7NO3. The van der Waals surface area contributed by atoms with Gasteiger partial charge < -0.3 is 4.42 Å². The third-order valence-electron chi connectivity index (χ3n) is 1.93. The Balaban J connectivity index is 2.58. The quantitative estimate of drug-likeness (QED) is 0.539. The van der Waals surface area contributed by atoms with Gasteiger partial charge >= 0.3 is 0 Å². The number of para-hydroxylation sites is 1. The molecule has 1 aromatic carbocycles. The van der Waals surface area contributed by atoms with Crippen LogP contribution in [0.2, 0.25) is 0 Å². The van der Waals surface area contributed by atoms with Gasteiger partial charge in [-0.3, -0.25) is 10.1 Å². The van der Waals surface area contributed by atoms with Crippen LogP contribution in [0.25, 0.3) is 11.1 Å². The average Bonchev–Trinajstić information content (AvgIpc) is 2.70. The highest BCUT2D eigenvalue weighted by Crippen LogP contribution is 2.29. The minimum absolute atomic E-state index is 0.0916. The lowest BCUT2D eigenvalue weighted by molar-refractivity contribution is -0.384. The van der Waals surface area contributed by atoms with Gasteiger partial charge in [0.15, 0.2) is 0 Å². The molecule has 2 rings (SSSR count). The summed E-state index contributed by atoms with van der Waals surface area (Å²) in [7, 11) is 0. The maximum atomic E-state index is 10.7. The van der Waals surface area contributed by atoms with E-state index in [1.807, 2.05) is 0 Å². The molecule has 0 bridgehead atoms. The van der Waals surface area contributed by atoms with E-state index >= 15 is 0 Å². The molecule has 0 saturated carbocycles. The van der Waals surface area contributed by atoms with Crippen LogP contribution in [0.1, 0.15) is 0 Å². The molecule has 14 heavy (non-hydrogen) atoms. The van der Waals surface area contributed by atoms with E-state index in [0.717, 1.165) is 5.56 Å². The summed E-state index contributed by atoms with van der Waals surface area (Å²) in [6, 6.07) is 8.27. The standard InChI is InChI=1S/C10H7NO3/c12-11(13)10-4-2-1-3-9(10)8-5-6-14-7-8/h1-7H. The third kappa shape index (κ3) is 1.37. The summed E-state index contributed by atoms with van der Waals surface area (Å²) in [5.74, 6) is 0. The number of rotatable bonds is 2. The molecule has 0 saturated heterocycles. The molecule has 0 atom stereocenters. The molecule has 70 valence electrons. The Labute approximate surface area is 79.9 Å². The van der Waals surface area contributed by atoms with Crippen LogP contribution >= 0.6 is 0 Å². The zero-order valence-electron chi connectivity index (χ0n) is 7.21. The highest BCUT2D eigenvalue weighted by molar-refractivity contribution is 5.72. The Morgan fingerprint density at radius 2 is 2.00 bits per heavy atom. The fourth-order valence-corrected chi connectivity index (χ4v) is 1.29. The number of hydrogen-bond donors (Lipinski definition) is 0. The molecule has 0 radical (unpaired) electrons. The van der Waals surface area contributed by atoms with Crippen LogP contribution in [0.3, 0.4) is 0 Å². The Morgan fingerprint density at radius 3 is 2.64 bits per heavy atom. The Hall–Kier alpha value is -2.10. The fourth-order valence-electron chi connectivity index (χ4n) is 1.29. The molecule has 2 aromatic rings. The van der Waals surface area contributed by atoms with Gasteiger partial charge in [-0.15, -0.1) is 0 Å². The van der Waals surface area contributed by atoms with Crippen molar-refractivity contribution in [1.82, 2.24) is 0 Å². The number of hydrogen-bond acceptors (Lipinski definition) is 3. The van der Waals surface area contributed by atoms with Crippen LogP contribution in [-0.4, -0.2) is 4.92 Å². The summed E-state index contributed by atoms with van der Waals surface area (Å²) < 4.78 is 4.88. The highest BCUT2D eigenvalue weighted by atomic mass is 16.6. The molecule has 0 N–H and O–H groups in total. The van der Waals surface area contributed by atoms with Gasteiger partial charge in [0.05, 0.1) is 23.0 Å². The lowest BCUT2D eigenvalue weighted by Gasteiger charge is -1.97. The van der Waals surface area contributed by atoms with Crippen LogP contribution in [0.4, 0.5) is 5.69 Å². The minimum Gasteiger partial charge on any atom is -0.472 e. The largest absolute Gasteiger partial charge is 0.472 e. The van der Waals surface area contributed by atoms with Crippen LogP contribution in [0.15, 0.2) is 47.3 Å². The lowest BCUT2D eigenvalue weighted by atomic mass is 10.1. The Kier molecular flexibility index (Phi) is 2.02. The molecule has 4 heteroatoms. The van der Waals surface area contributed by atoms with E-state index in [1.54, 1.807) is 24.3 Å². The van der Waals surface area contributed by atoms with Crippen molar-refractivity contribution in [3.63, 3.8) is 0 Å². The monoisotopic (exact) mass is 189 g/mol. The number of furan rings is 1. The minimum atomic E-state index is -0.400. The molecule has 1 aromatic heterocycles. The summed E-state index contributed by atoms with van der Waals surface area (Å²) in [4.78, 5) is 10.3. The maximum absolute atomic E-state index is 10.7. The van der Waals surface area contributed by atoms with E-state index in [4.69, 9.17) is 4.42 Å². The van der Waals surface area contributed by atoms with Crippen LogP contribution in [0.5, 0.6) is 0 Å². The van der Waals surface area contributed by atoms with E-state index in [9.17, 15) is 10.1 Å². The van der Waals surface area contributed by atoms with Crippen LogP contribution in [0, 0.1) is 10.1 Å². The maximum Gasteiger partial charge on any atom is 0.277 e. The average molecular weight is 189 g/mol. The van der Waals surface area contributed by atoms with Gasteiger partial charge in [-0.1, -0.05) is 12.1 Å². The molecule has 0 aliphatic carbocycles. The van der Waals surface area contributed by atoms with Crippen molar-refractivity contribution in [3.8, 4) is 11.1 Å². The zero-order chi connectivity index (χ0) is 9.97. The summed E-state index contributed by atoms with van der Waals surface area (Å²) >= 11 is 0. The molecule has 0 fully saturated rings. The van der Waals surface area contributed by atoms with Crippen LogP contribution in [-0.2, 0) is 0 Å². The molecular weight excluding hydrogens is 182 g/mol. The van der Waals surface area contributed by atoms with E-state index in [0.29, 0.717) is 5.56 Å². The predicted molar refractivity (Wildman–Crippen MR) is 50.8 cm³/mol.